The van der Waals surface area contributed by atoms with Crippen LogP contribution < -0.4 is 10.6 Å². The van der Waals surface area contributed by atoms with Crippen LogP contribution in [0.4, 0.5) is 0 Å². The molecule has 2 heterocycles. The molecule has 0 saturated carbocycles. The molecular weight excluding hydrogens is 475 g/mol. The molecule has 1 aliphatic rings. The first-order valence-corrected chi connectivity index (χ1v) is 10.6. The first-order chi connectivity index (χ1) is 11.5. The summed E-state index contributed by atoms with van der Waals surface area (Å²) in [5.74, 6) is 0.692. The van der Waals surface area contributed by atoms with Gasteiger partial charge in [-0.25, -0.2) is 13.4 Å². The molecular formula is C15H27IN4O3S2. The Morgan fingerprint density at radius 2 is 2.08 bits per heavy atom. The van der Waals surface area contributed by atoms with Crippen LogP contribution in [0.3, 0.4) is 0 Å². The number of aryl methyl sites for hydroxylation is 1. The van der Waals surface area contributed by atoms with Crippen molar-refractivity contribution in [3.63, 3.8) is 0 Å². The largest absolute Gasteiger partial charge is 0.379 e. The first kappa shape index (κ1) is 22.6. The Morgan fingerprint density at radius 3 is 2.68 bits per heavy atom. The molecule has 7 nitrogen and oxygen atoms in total. The van der Waals surface area contributed by atoms with Crippen molar-refractivity contribution in [3.05, 3.63) is 21.9 Å². The van der Waals surface area contributed by atoms with E-state index < -0.39 is 10.0 Å². The lowest BCUT2D eigenvalue weighted by Crippen LogP contribution is -2.45. The Hall–Kier alpha value is -0.430. The van der Waals surface area contributed by atoms with Crippen molar-refractivity contribution in [3.8, 4) is 0 Å². The Kier molecular flexibility index (Phi) is 10.2. The van der Waals surface area contributed by atoms with Crippen LogP contribution in [0, 0.1) is 6.92 Å². The van der Waals surface area contributed by atoms with Gasteiger partial charge in [0.1, 0.15) is 0 Å². The molecule has 0 bridgehead atoms. The number of aliphatic imine (C=N–C) groups is 1. The Morgan fingerprint density at radius 1 is 1.36 bits per heavy atom. The second kappa shape index (κ2) is 11.3. The normalized spacial score (nSPS) is 16.3. The number of guanidine groups is 1. The van der Waals surface area contributed by atoms with E-state index in [1.54, 1.807) is 11.3 Å². The molecule has 0 atom stereocenters. The molecule has 1 fully saturated rings. The SMILES string of the molecule is CCNC(=NCc1sccc1C)NCCS(=O)(=O)N1CCOCC1.I. The summed E-state index contributed by atoms with van der Waals surface area (Å²) < 4.78 is 31.3. The van der Waals surface area contributed by atoms with Crippen LogP contribution in [0.5, 0.6) is 0 Å². The van der Waals surface area contributed by atoms with Gasteiger partial charge in [-0.15, -0.1) is 35.3 Å². The molecule has 1 aliphatic heterocycles. The van der Waals surface area contributed by atoms with Crippen LogP contribution in [0.15, 0.2) is 16.4 Å². The highest BCUT2D eigenvalue weighted by molar-refractivity contribution is 14.0. The highest BCUT2D eigenvalue weighted by Gasteiger charge is 2.23. The zero-order valence-corrected chi connectivity index (χ0v) is 18.6. The summed E-state index contributed by atoms with van der Waals surface area (Å²) in [4.78, 5) is 5.74. The van der Waals surface area contributed by atoms with Gasteiger partial charge in [-0.05, 0) is 30.9 Å². The maximum atomic E-state index is 12.3. The van der Waals surface area contributed by atoms with Crippen molar-refractivity contribution in [2.45, 2.75) is 20.4 Å². The van der Waals surface area contributed by atoms with E-state index >= 15 is 0 Å². The average Bonchev–Trinajstić information content (AvgIpc) is 2.98. The Bertz CT molecular complexity index is 643. The fourth-order valence-electron chi connectivity index (χ4n) is 2.31. The smallest absolute Gasteiger partial charge is 0.215 e. The molecule has 0 aromatic carbocycles. The van der Waals surface area contributed by atoms with Gasteiger partial charge < -0.3 is 15.4 Å². The number of thiophene rings is 1. The number of morpholine rings is 1. The average molecular weight is 502 g/mol. The van der Waals surface area contributed by atoms with E-state index in [0.717, 1.165) is 6.54 Å². The van der Waals surface area contributed by atoms with Gasteiger partial charge in [-0.2, -0.15) is 4.31 Å². The zero-order chi connectivity index (χ0) is 17.4. The van der Waals surface area contributed by atoms with Crippen LogP contribution in [0.25, 0.3) is 0 Å². The number of hydrogen-bond donors (Lipinski definition) is 2. The van der Waals surface area contributed by atoms with Crippen LogP contribution in [0.2, 0.25) is 0 Å². The summed E-state index contributed by atoms with van der Waals surface area (Å²) in [5.41, 5.74) is 1.23. The number of nitrogens with zero attached hydrogens (tertiary/aromatic N) is 2. The quantitative estimate of drug-likeness (QED) is 0.335. The van der Waals surface area contributed by atoms with E-state index in [2.05, 4.69) is 34.0 Å². The Balaban J connectivity index is 0.00000312. The maximum Gasteiger partial charge on any atom is 0.215 e. The molecule has 2 rings (SSSR count). The second-order valence-electron chi connectivity index (χ2n) is 5.48. The van der Waals surface area contributed by atoms with Gasteiger partial charge in [-0.3, -0.25) is 0 Å². The van der Waals surface area contributed by atoms with E-state index in [0.29, 0.717) is 45.4 Å². The van der Waals surface area contributed by atoms with E-state index in [-0.39, 0.29) is 29.7 Å². The monoisotopic (exact) mass is 502 g/mol. The van der Waals surface area contributed by atoms with Crippen molar-refractivity contribution in [1.29, 1.82) is 0 Å². The molecule has 0 aliphatic carbocycles. The third-order valence-corrected chi connectivity index (χ3v) is 6.59. The minimum absolute atomic E-state index is 0. The molecule has 1 aromatic heterocycles. The lowest BCUT2D eigenvalue weighted by Gasteiger charge is -2.26. The predicted octanol–water partition coefficient (Wildman–Crippen LogP) is 1.39. The van der Waals surface area contributed by atoms with Crippen LogP contribution in [-0.4, -0.2) is 63.8 Å². The number of hydrogen-bond acceptors (Lipinski definition) is 5. The van der Waals surface area contributed by atoms with Crippen LogP contribution in [0.1, 0.15) is 17.4 Å². The molecule has 0 spiro atoms. The highest BCUT2D eigenvalue weighted by Crippen LogP contribution is 2.16. The number of sulfonamides is 1. The molecule has 2 N–H and O–H groups in total. The van der Waals surface area contributed by atoms with Crippen molar-refractivity contribution >= 4 is 51.3 Å². The fourth-order valence-corrected chi connectivity index (χ4v) is 4.46. The molecule has 0 radical (unpaired) electrons. The van der Waals surface area contributed by atoms with Gasteiger partial charge in [-0.1, -0.05) is 0 Å². The van der Waals surface area contributed by atoms with E-state index in [1.807, 2.05) is 6.92 Å². The van der Waals surface area contributed by atoms with Crippen LogP contribution in [-0.2, 0) is 21.3 Å². The van der Waals surface area contributed by atoms with Gasteiger partial charge in [0, 0.05) is 31.1 Å². The standard InChI is InChI=1S/C15H26N4O3S2.HI/c1-3-16-15(18-12-14-13(2)4-10-23-14)17-5-11-24(20,21)19-6-8-22-9-7-19;/h4,10H,3,5-9,11-12H2,1-2H3,(H2,16,17,18);1H. The number of ether oxygens (including phenoxy) is 1. The van der Waals surface area contributed by atoms with Gasteiger partial charge in [0.2, 0.25) is 10.0 Å². The number of halogens is 1. The van der Waals surface area contributed by atoms with Crippen LogP contribution >= 0.6 is 35.3 Å². The molecule has 10 heteroatoms. The van der Waals surface area contributed by atoms with E-state index in [1.165, 1.54) is 14.7 Å². The number of nitrogens with one attached hydrogen (secondary N) is 2. The molecule has 144 valence electrons. The molecule has 1 aromatic rings. The summed E-state index contributed by atoms with van der Waals surface area (Å²) in [6.07, 6.45) is 0. The second-order valence-corrected chi connectivity index (χ2v) is 8.57. The minimum Gasteiger partial charge on any atom is -0.379 e. The van der Waals surface area contributed by atoms with Gasteiger partial charge in [0.05, 0.1) is 25.5 Å². The molecule has 0 unspecified atom stereocenters. The summed E-state index contributed by atoms with van der Waals surface area (Å²) >= 11 is 1.68. The third-order valence-electron chi connectivity index (χ3n) is 3.71. The fraction of sp³-hybridized carbons (Fsp3) is 0.667. The molecule has 1 saturated heterocycles. The summed E-state index contributed by atoms with van der Waals surface area (Å²) in [7, 11) is -3.25. The molecule has 25 heavy (non-hydrogen) atoms. The highest BCUT2D eigenvalue weighted by atomic mass is 127. The third kappa shape index (κ3) is 7.37. The minimum atomic E-state index is -3.25. The lowest BCUT2D eigenvalue weighted by atomic mass is 10.3. The van der Waals surface area contributed by atoms with E-state index in [4.69, 9.17) is 4.74 Å². The van der Waals surface area contributed by atoms with Crippen molar-refractivity contribution in [2.24, 2.45) is 4.99 Å². The first-order valence-electron chi connectivity index (χ1n) is 8.13. The molecule has 0 amide bonds. The van der Waals surface area contributed by atoms with Gasteiger partial charge in [0.15, 0.2) is 5.96 Å². The topological polar surface area (TPSA) is 83.0 Å². The van der Waals surface area contributed by atoms with Gasteiger partial charge in [0.25, 0.3) is 0 Å². The maximum absolute atomic E-state index is 12.3. The Labute approximate surface area is 171 Å². The van der Waals surface area contributed by atoms with Crippen molar-refractivity contribution < 1.29 is 13.2 Å². The lowest BCUT2D eigenvalue weighted by molar-refractivity contribution is 0.0730. The predicted molar refractivity (Wildman–Crippen MR) is 113 cm³/mol. The summed E-state index contributed by atoms with van der Waals surface area (Å²) in [5, 5.41) is 8.30. The summed E-state index contributed by atoms with van der Waals surface area (Å²) in [6.45, 7) is 7.51. The zero-order valence-electron chi connectivity index (χ0n) is 14.7. The van der Waals surface area contributed by atoms with Gasteiger partial charge >= 0.3 is 0 Å². The van der Waals surface area contributed by atoms with E-state index in [9.17, 15) is 8.42 Å². The number of rotatable bonds is 7. The van der Waals surface area contributed by atoms with Crippen molar-refractivity contribution in [2.75, 3.05) is 45.1 Å². The summed E-state index contributed by atoms with van der Waals surface area (Å²) in [6, 6.07) is 2.07. The van der Waals surface area contributed by atoms with Crippen molar-refractivity contribution in [1.82, 2.24) is 14.9 Å².